The fourth-order valence-corrected chi connectivity index (χ4v) is 2.21. The van der Waals surface area contributed by atoms with Crippen LogP contribution in [-0.4, -0.2) is 18.8 Å². The van der Waals surface area contributed by atoms with Crippen molar-refractivity contribution in [2.75, 3.05) is 13.7 Å². The molecule has 3 nitrogen and oxygen atoms in total. The summed E-state index contributed by atoms with van der Waals surface area (Å²) in [6.45, 7) is 8.66. The molecule has 0 bridgehead atoms. The minimum absolute atomic E-state index is 0.0594. The molecule has 0 saturated carbocycles. The molecule has 108 valence electrons. The number of hydrogen-bond donors (Lipinski definition) is 2. The first kappa shape index (κ1) is 16.0. The zero-order chi connectivity index (χ0) is 14.6. The van der Waals surface area contributed by atoms with Crippen LogP contribution in [0.2, 0.25) is 0 Å². The highest BCUT2D eigenvalue weighted by Gasteiger charge is 2.23. The molecule has 0 aliphatic rings. The van der Waals surface area contributed by atoms with E-state index in [0.29, 0.717) is 0 Å². The summed E-state index contributed by atoms with van der Waals surface area (Å²) in [4.78, 5) is 0. The smallest absolute Gasteiger partial charge is 0.123 e. The van der Waals surface area contributed by atoms with Crippen molar-refractivity contribution in [2.45, 2.75) is 45.6 Å². The van der Waals surface area contributed by atoms with E-state index in [-0.39, 0.29) is 24.0 Å². The largest absolute Gasteiger partial charge is 0.496 e. The van der Waals surface area contributed by atoms with E-state index >= 15 is 0 Å². The summed E-state index contributed by atoms with van der Waals surface area (Å²) in [5.74, 6) is 0.858. The van der Waals surface area contributed by atoms with Gasteiger partial charge in [0, 0.05) is 24.1 Å². The highest BCUT2D eigenvalue weighted by Crippen LogP contribution is 2.34. The Morgan fingerprint density at radius 2 is 1.95 bits per heavy atom. The van der Waals surface area contributed by atoms with E-state index in [1.807, 2.05) is 13.0 Å². The maximum atomic E-state index is 9.43. The van der Waals surface area contributed by atoms with Crippen LogP contribution >= 0.6 is 0 Å². The normalized spacial score (nSPS) is 15.1. The minimum atomic E-state index is -0.202. The van der Waals surface area contributed by atoms with E-state index in [0.717, 1.165) is 17.7 Å². The van der Waals surface area contributed by atoms with Crippen LogP contribution in [0.4, 0.5) is 0 Å². The summed E-state index contributed by atoms with van der Waals surface area (Å²) in [5, 5.41) is 9.43. The van der Waals surface area contributed by atoms with Crippen molar-refractivity contribution in [3.05, 3.63) is 29.3 Å². The molecule has 0 saturated heterocycles. The lowest BCUT2D eigenvalue weighted by atomic mass is 9.83. The Morgan fingerprint density at radius 1 is 1.32 bits per heavy atom. The lowest BCUT2D eigenvalue weighted by molar-refractivity contribution is 0.199. The Bertz CT molecular complexity index is 406. The van der Waals surface area contributed by atoms with Gasteiger partial charge in [-0.25, -0.2) is 0 Å². The Morgan fingerprint density at radius 3 is 2.37 bits per heavy atom. The van der Waals surface area contributed by atoms with E-state index in [1.165, 1.54) is 5.56 Å². The van der Waals surface area contributed by atoms with Gasteiger partial charge in [0.15, 0.2) is 0 Å². The van der Waals surface area contributed by atoms with Gasteiger partial charge in [0.1, 0.15) is 5.75 Å². The van der Waals surface area contributed by atoms with Crippen molar-refractivity contribution in [1.82, 2.24) is 0 Å². The highest BCUT2D eigenvalue weighted by molar-refractivity contribution is 5.41. The van der Waals surface area contributed by atoms with Gasteiger partial charge in [0.05, 0.1) is 7.11 Å². The quantitative estimate of drug-likeness (QED) is 0.860. The third-order valence-electron chi connectivity index (χ3n) is 3.72. The number of benzene rings is 1. The van der Waals surface area contributed by atoms with Gasteiger partial charge in [-0.3, -0.25) is 0 Å². The first-order valence-electron chi connectivity index (χ1n) is 6.90. The van der Waals surface area contributed by atoms with Crippen LogP contribution in [0.3, 0.4) is 0 Å². The maximum Gasteiger partial charge on any atom is 0.123 e. The van der Waals surface area contributed by atoms with Crippen molar-refractivity contribution in [1.29, 1.82) is 0 Å². The van der Waals surface area contributed by atoms with Gasteiger partial charge in [-0.1, -0.05) is 33.8 Å². The van der Waals surface area contributed by atoms with Crippen molar-refractivity contribution < 1.29 is 9.84 Å². The molecule has 0 aromatic heterocycles. The third-order valence-corrected chi connectivity index (χ3v) is 3.72. The van der Waals surface area contributed by atoms with Crippen LogP contribution in [0.5, 0.6) is 5.75 Å². The molecule has 2 unspecified atom stereocenters. The zero-order valence-corrected chi connectivity index (χ0v) is 12.7. The monoisotopic (exact) mass is 265 g/mol. The Balaban J connectivity index is 3.22. The lowest BCUT2D eigenvalue weighted by Crippen LogP contribution is -2.25. The highest BCUT2D eigenvalue weighted by atomic mass is 16.5. The molecular weight excluding hydrogens is 238 g/mol. The maximum absolute atomic E-state index is 9.43. The van der Waals surface area contributed by atoms with Crippen molar-refractivity contribution in [3.8, 4) is 5.75 Å². The fraction of sp³-hybridized carbons (Fsp3) is 0.625. The van der Waals surface area contributed by atoms with E-state index in [1.54, 1.807) is 7.11 Å². The Hall–Kier alpha value is -1.06. The molecule has 0 aliphatic carbocycles. The van der Waals surface area contributed by atoms with E-state index in [9.17, 15) is 5.11 Å². The fourth-order valence-electron chi connectivity index (χ4n) is 2.21. The van der Waals surface area contributed by atoms with Gasteiger partial charge in [0.25, 0.3) is 0 Å². The molecule has 0 amide bonds. The van der Waals surface area contributed by atoms with Gasteiger partial charge in [0.2, 0.25) is 0 Å². The zero-order valence-electron chi connectivity index (χ0n) is 12.7. The number of ether oxygens (including phenoxy) is 1. The standard InChI is InChI=1S/C16H27NO2/c1-6-11(10-18)15(17)13-9-12(16(2,3)4)7-8-14(13)19-5/h7-9,11,15,18H,6,10,17H2,1-5H3. The number of methoxy groups -OCH3 is 1. The van der Waals surface area contributed by atoms with Crippen LogP contribution in [0.15, 0.2) is 18.2 Å². The summed E-state index contributed by atoms with van der Waals surface area (Å²) in [5.41, 5.74) is 8.59. The van der Waals surface area contributed by atoms with Gasteiger partial charge in [-0.2, -0.15) is 0 Å². The predicted molar refractivity (Wildman–Crippen MR) is 79.5 cm³/mol. The Kier molecular flexibility index (Phi) is 5.39. The molecule has 3 heteroatoms. The van der Waals surface area contributed by atoms with Crippen LogP contribution < -0.4 is 10.5 Å². The number of rotatable bonds is 5. The first-order chi connectivity index (χ1) is 8.85. The molecule has 1 rings (SSSR count). The molecule has 0 radical (unpaired) electrons. The topological polar surface area (TPSA) is 55.5 Å². The van der Waals surface area contributed by atoms with E-state index in [2.05, 4.69) is 32.9 Å². The van der Waals surface area contributed by atoms with Crippen molar-refractivity contribution in [3.63, 3.8) is 0 Å². The number of hydrogen-bond acceptors (Lipinski definition) is 3. The Labute approximate surface area is 116 Å². The molecular formula is C16H27NO2. The molecule has 2 atom stereocenters. The second-order valence-corrected chi connectivity index (χ2v) is 6.08. The van der Waals surface area contributed by atoms with Crippen molar-refractivity contribution >= 4 is 0 Å². The second kappa shape index (κ2) is 6.40. The molecule has 0 aliphatic heterocycles. The minimum Gasteiger partial charge on any atom is -0.496 e. The molecule has 1 aromatic carbocycles. The third kappa shape index (κ3) is 3.71. The predicted octanol–water partition coefficient (Wildman–Crippen LogP) is 3.01. The molecule has 3 N–H and O–H groups in total. The molecule has 0 heterocycles. The molecule has 0 spiro atoms. The average Bonchev–Trinajstić information content (AvgIpc) is 2.38. The SMILES string of the molecule is CCC(CO)C(N)c1cc(C(C)(C)C)ccc1OC. The van der Waals surface area contributed by atoms with Crippen LogP contribution in [0.1, 0.15) is 51.3 Å². The number of aliphatic hydroxyl groups is 1. The van der Waals surface area contributed by atoms with Gasteiger partial charge >= 0.3 is 0 Å². The number of aliphatic hydroxyl groups excluding tert-OH is 1. The van der Waals surface area contributed by atoms with Gasteiger partial charge in [-0.05, 0) is 29.5 Å². The average molecular weight is 265 g/mol. The summed E-state index contributed by atoms with van der Waals surface area (Å²) in [7, 11) is 1.65. The first-order valence-corrected chi connectivity index (χ1v) is 6.90. The number of nitrogens with two attached hydrogens (primary N) is 1. The lowest BCUT2D eigenvalue weighted by Gasteiger charge is -2.26. The van der Waals surface area contributed by atoms with Gasteiger partial charge < -0.3 is 15.6 Å². The summed E-state index contributed by atoms with van der Waals surface area (Å²) < 4.78 is 5.41. The van der Waals surface area contributed by atoms with Crippen LogP contribution in [0.25, 0.3) is 0 Å². The second-order valence-electron chi connectivity index (χ2n) is 6.08. The van der Waals surface area contributed by atoms with E-state index in [4.69, 9.17) is 10.5 Å². The van der Waals surface area contributed by atoms with Crippen LogP contribution in [-0.2, 0) is 5.41 Å². The summed E-state index contributed by atoms with van der Waals surface area (Å²) in [6.07, 6.45) is 0.848. The molecule has 1 aromatic rings. The van der Waals surface area contributed by atoms with Gasteiger partial charge in [-0.15, -0.1) is 0 Å². The summed E-state index contributed by atoms with van der Waals surface area (Å²) >= 11 is 0. The summed E-state index contributed by atoms with van der Waals surface area (Å²) in [6, 6.07) is 5.96. The van der Waals surface area contributed by atoms with E-state index < -0.39 is 0 Å². The molecule has 0 fully saturated rings. The molecule has 19 heavy (non-hydrogen) atoms. The van der Waals surface area contributed by atoms with Crippen LogP contribution in [0, 0.1) is 5.92 Å². The van der Waals surface area contributed by atoms with Crippen molar-refractivity contribution in [2.24, 2.45) is 11.7 Å².